The van der Waals surface area contributed by atoms with E-state index in [1.807, 2.05) is 0 Å². The molecule has 31 rings (SSSR count). The van der Waals surface area contributed by atoms with Gasteiger partial charge in [-0.15, -0.1) is 0 Å². The number of rotatable bonds is 3. The fourth-order valence-corrected chi connectivity index (χ4v) is 24.4. The average Bonchev–Trinajstić information content (AvgIpc) is 1.51. The molecule has 0 aliphatic heterocycles. The number of benzene rings is 23. The van der Waals surface area contributed by atoms with Gasteiger partial charge in [0.2, 0.25) is 0 Å². The second kappa shape index (κ2) is 21.4. The SMILES string of the molecule is C.c1ccc(-c2c3cc4c5cccc6cccc(c65)c4c4c5ccccc5c(c5c6ccc(-c7ccc8c9c(cccc79)-c7ccccc7-8)c7cccc(c25)c76)c34)cc1.c1ccc(-c2c3cc4c5cccc6cccc(c65)c4c4c5ccccc5c(c5c6ccc7c8ccc9c%10c(ccc(c%11ccc(c25)c6c%117)c%108)-c2ccccc2-9)c34)cc1. The van der Waals surface area contributed by atoms with E-state index in [1.54, 1.807) is 0 Å². The smallest absolute Gasteiger partial charge is 0.000674 e. The zero-order valence-electron chi connectivity index (χ0n) is 62.5. The Balaban J connectivity index is 0.000000119. The highest BCUT2D eigenvalue weighted by molar-refractivity contribution is 6.57. The Morgan fingerprint density at radius 2 is 0.342 bits per heavy atom. The lowest BCUT2D eigenvalue weighted by molar-refractivity contribution is 1.69. The first-order valence-corrected chi connectivity index (χ1v) is 41.0. The predicted octanol–water partition coefficient (Wildman–Crippen LogP) is 33.7. The van der Waals surface area contributed by atoms with Crippen LogP contribution in [-0.4, -0.2) is 0 Å². The molecule has 0 heteroatoms. The maximum Gasteiger partial charge on any atom is -0.000674 e. The minimum atomic E-state index is 0. The minimum absolute atomic E-state index is 0. The third-order valence-corrected chi connectivity index (χ3v) is 28.5. The van der Waals surface area contributed by atoms with Crippen LogP contribution in [0.25, 0.3) is 315 Å². The molecular weight excluding hydrogens is 1410 g/mol. The van der Waals surface area contributed by atoms with Gasteiger partial charge in [-0.05, 0) is 327 Å². The molecule has 0 bridgehead atoms. The Labute approximate surface area is 669 Å². The fourth-order valence-electron chi connectivity index (χ4n) is 24.4. The molecule has 0 aromatic heterocycles. The first-order valence-electron chi connectivity index (χ1n) is 41.0. The Hall–Kier alpha value is -15.1. The first-order chi connectivity index (χ1) is 57.7. The average molecular weight is 1470 g/mol. The lowest BCUT2D eigenvalue weighted by Gasteiger charge is -2.16. The lowest BCUT2D eigenvalue weighted by Crippen LogP contribution is -1.88. The normalized spacial score (nSPS) is 12.9. The second-order valence-electron chi connectivity index (χ2n) is 33.4. The molecular formula is C117H62. The van der Waals surface area contributed by atoms with Gasteiger partial charge in [-0.2, -0.15) is 0 Å². The van der Waals surface area contributed by atoms with Crippen molar-refractivity contribution in [2.24, 2.45) is 0 Å². The van der Waals surface area contributed by atoms with Crippen LogP contribution in [-0.2, 0) is 0 Å². The topological polar surface area (TPSA) is 0 Å². The van der Waals surface area contributed by atoms with Gasteiger partial charge < -0.3 is 0 Å². The first kappa shape index (κ1) is 61.5. The quantitative estimate of drug-likeness (QED) is 0.122. The molecule has 0 N–H and O–H groups in total. The molecule has 0 heterocycles. The van der Waals surface area contributed by atoms with Gasteiger partial charge in [0.25, 0.3) is 0 Å². The summed E-state index contributed by atoms with van der Waals surface area (Å²) >= 11 is 0. The van der Waals surface area contributed by atoms with E-state index in [-0.39, 0.29) is 7.43 Å². The highest BCUT2D eigenvalue weighted by Crippen LogP contribution is 2.62. The zero-order chi connectivity index (χ0) is 74.5. The molecule has 29 aromatic rings. The molecule has 0 saturated carbocycles. The van der Waals surface area contributed by atoms with E-state index < -0.39 is 0 Å². The van der Waals surface area contributed by atoms with Crippen molar-refractivity contribution in [1.29, 1.82) is 0 Å². The van der Waals surface area contributed by atoms with Gasteiger partial charge in [0.05, 0.1) is 0 Å². The van der Waals surface area contributed by atoms with Crippen LogP contribution >= 0.6 is 0 Å². The van der Waals surface area contributed by atoms with E-state index in [0.717, 1.165) is 0 Å². The summed E-state index contributed by atoms with van der Waals surface area (Å²) < 4.78 is 0. The maximum absolute atomic E-state index is 2.57. The van der Waals surface area contributed by atoms with Gasteiger partial charge in [0, 0.05) is 0 Å². The molecule has 29 aromatic carbocycles. The Morgan fingerprint density at radius 1 is 0.103 bits per heavy atom. The van der Waals surface area contributed by atoms with E-state index in [1.165, 1.54) is 315 Å². The molecule has 2 aliphatic carbocycles. The number of hydrogen-bond donors (Lipinski definition) is 0. The van der Waals surface area contributed by atoms with Gasteiger partial charge in [0.1, 0.15) is 0 Å². The monoisotopic (exact) mass is 1470 g/mol. The van der Waals surface area contributed by atoms with E-state index >= 15 is 0 Å². The molecule has 117 heavy (non-hydrogen) atoms. The molecule has 0 nitrogen and oxygen atoms in total. The molecule has 0 atom stereocenters. The van der Waals surface area contributed by atoms with Crippen LogP contribution in [0.2, 0.25) is 0 Å². The van der Waals surface area contributed by atoms with E-state index in [0.29, 0.717) is 0 Å². The highest BCUT2D eigenvalue weighted by atomic mass is 14.4. The van der Waals surface area contributed by atoms with Crippen molar-refractivity contribution in [3.05, 3.63) is 352 Å². The van der Waals surface area contributed by atoms with Crippen molar-refractivity contribution in [3.8, 4) is 77.9 Å². The van der Waals surface area contributed by atoms with Gasteiger partial charge in [-0.25, -0.2) is 0 Å². The molecule has 0 radical (unpaired) electrons. The Bertz CT molecular complexity index is 9440. The van der Waals surface area contributed by atoms with Crippen molar-refractivity contribution in [1.82, 2.24) is 0 Å². The predicted molar refractivity (Wildman–Crippen MR) is 508 cm³/mol. The van der Waals surface area contributed by atoms with E-state index in [2.05, 4.69) is 352 Å². The second-order valence-corrected chi connectivity index (χ2v) is 33.4. The van der Waals surface area contributed by atoms with Crippen molar-refractivity contribution in [2.45, 2.75) is 7.43 Å². The van der Waals surface area contributed by atoms with Crippen LogP contribution in [0.3, 0.4) is 0 Å². The standard InChI is InChI=1S/C58H28.C58H30.CH4/c1-2-10-30(11-3-1)48-46-28-45-35-18-8-12-29-13-9-19-42(47(29)35)53(45)54-33-16-6-7-17-34(33)55(58(46)54)57-44-27-25-41-39-23-21-37-32-15-5-4-14-31(32)36-20-22-38(50(39)49(36)37)40-24-26-43(56(48)57)52(44)51(40)41;1-2-12-32(13-3-1)50-48-30-47-42-20-8-14-31-15-9-24-44(49(31)42)53(47)54-40-18-6-7-19-41(40)55(58(48)54)57-46-29-27-36(39-23-11-25-45(52(39)46)56(50)57)35-26-28-43-34-17-5-4-16-33(34)37-21-10-22-38(35)51(37)43;/h1-28H;1-30H;1H4. The number of hydrogen-bond acceptors (Lipinski definition) is 0. The summed E-state index contributed by atoms with van der Waals surface area (Å²) in [6.45, 7) is 0. The maximum atomic E-state index is 2.57. The van der Waals surface area contributed by atoms with E-state index in [9.17, 15) is 0 Å². The molecule has 0 amide bonds. The van der Waals surface area contributed by atoms with Crippen LogP contribution in [0, 0.1) is 0 Å². The Morgan fingerprint density at radius 3 is 0.829 bits per heavy atom. The highest BCUT2D eigenvalue weighted by Gasteiger charge is 2.34. The summed E-state index contributed by atoms with van der Waals surface area (Å²) in [6.07, 6.45) is 0. The van der Waals surface area contributed by atoms with Crippen LogP contribution in [0.4, 0.5) is 0 Å². The van der Waals surface area contributed by atoms with Gasteiger partial charge in [-0.1, -0.05) is 347 Å². The minimum Gasteiger partial charge on any atom is -0.0776 e. The van der Waals surface area contributed by atoms with Gasteiger partial charge in [0.15, 0.2) is 0 Å². The van der Waals surface area contributed by atoms with Crippen molar-refractivity contribution >= 4 is 237 Å². The Kier molecular flexibility index (Phi) is 11.3. The van der Waals surface area contributed by atoms with Crippen molar-refractivity contribution in [2.75, 3.05) is 0 Å². The summed E-state index contributed by atoms with van der Waals surface area (Å²) in [7, 11) is 0. The third-order valence-electron chi connectivity index (χ3n) is 28.5. The zero-order valence-corrected chi connectivity index (χ0v) is 62.5. The third kappa shape index (κ3) is 7.18. The van der Waals surface area contributed by atoms with Gasteiger partial charge >= 0.3 is 0 Å². The van der Waals surface area contributed by atoms with Crippen molar-refractivity contribution < 1.29 is 0 Å². The van der Waals surface area contributed by atoms with Crippen molar-refractivity contribution in [3.63, 3.8) is 0 Å². The molecule has 0 saturated heterocycles. The fraction of sp³-hybridized carbons (Fsp3) is 0.00855. The van der Waals surface area contributed by atoms with Crippen LogP contribution in [0.15, 0.2) is 352 Å². The molecule has 0 spiro atoms. The van der Waals surface area contributed by atoms with Crippen LogP contribution in [0.5, 0.6) is 0 Å². The lowest BCUT2D eigenvalue weighted by atomic mass is 9.87. The molecule has 0 fully saturated rings. The van der Waals surface area contributed by atoms with Gasteiger partial charge in [-0.3, -0.25) is 0 Å². The summed E-state index contributed by atoms with van der Waals surface area (Å²) in [5.41, 5.74) is 18.6. The van der Waals surface area contributed by atoms with Crippen LogP contribution < -0.4 is 0 Å². The van der Waals surface area contributed by atoms with E-state index in [4.69, 9.17) is 0 Å². The molecule has 530 valence electrons. The molecule has 2 aliphatic rings. The summed E-state index contributed by atoms with van der Waals surface area (Å²) in [5.74, 6) is 0. The van der Waals surface area contributed by atoms with Crippen LogP contribution in [0.1, 0.15) is 7.43 Å². The number of fused-ring (bicyclic) bond motifs is 30. The summed E-state index contributed by atoms with van der Waals surface area (Å²) in [5, 5.41) is 59.9. The summed E-state index contributed by atoms with van der Waals surface area (Å²) in [6, 6.07) is 134. The molecule has 0 unspecified atom stereocenters. The summed E-state index contributed by atoms with van der Waals surface area (Å²) in [4.78, 5) is 0. The largest absolute Gasteiger partial charge is 0.0776 e.